The van der Waals surface area contributed by atoms with Gasteiger partial charge in [-0.3, -0.25) is 4.79 Å². The summed E-state index contributed by atoms with van der Waals surface area (Å²) in [6.45, 7) is 1.58. The number of para-hydroxylation sites is 2. The fraction of sp³-hybridized carbons (Fsp3) is 0.409. The van der Waals surface area contributed by atoms with E-state index >= 15 is 0 Å². The van der Waals surface area contributed by atoms with Gasteiger partial charge in [0.15, 0.2) is 17.8 Å². The van der Waals surface area contributed by atoms with Crippen molar-refractivity contribution in [2.75, 3.05) is 13.7 Å². The summed E-state index contributed by atoms with van der Waals surface area (Å²) < 4.78 is 29.2. The van der Waals surface area contributed by atoms with Gasteiger partial charge in [0.2, 0.25) is 12.2 Å². The smallest absolute Gasteiger partial charge is 0.223 e. The van der Waals surface area contributed by atoms with E-state index < -0.39 is 36.9 Å². The molecule has 8 nitrogen and oxygen atoms in total. The predicted molar refractivity (Wildman–Crippen MR) is 106 cm³/mol. The van der Waals surface area contributed by atoms with Gasteiger partial charge in [0, 0.05) is 12.5 Å². The lowest BCUT2D eigenvalue weighted by molar-refractivity contribution is -0.333. The van der Waals surface area contributed by atoms with Crippen LogP contribution < -0.4 is 14.8 Å². The van der Waals surface area contributed by atoms with Crippen LogP contribution in [-0.4, -0.2) is 55.4 Å². The molecule has 2 aromatic rings. The van der Waals surface area contributed by atoms with Crippen molar-refractivity contribution < 1.29 is 33.6 Å². The molecule has 0 aliphatic carbocycles. The summed E-state index contributed by atoms with van der Waals surface area (Å²) in [5.74, 6) is 0.631. The second-order valence-corrected chi connectivity index (χ2v) is 7.21. The molecule has 0 bridgehead atoms. The van der Waals surface area contributed by atoms with Crippen LogP contribution in [0, 0.1) is 0 Å². The lowest BCUT2D eigenvalue weighted by Gasteiger charge is -2.47. The van der Waals surface area contributed by atoms with Crippen molar-refractivity contribution >= 4 is 5.91 Å². The van der Waals surface area contributed by atoms with Crippen LogP contribution >= 0.6 is 0 Å². The van der Waals surface area contributed by atoms with E-state index in [1.807, 2.05) is 36.4 Å². The van der Waals surface area contributed by atoms with Gasteiger partial charge in [-0.1, -0.05) is 42.5 Å². The first-order valence-electron chi connectivity index (χ1n) is 9.79. The van der Waals surface area contributed by atoms with E-state index in [1.54, 1.807) is 18.2 Å². The highest BCUT2D eigenvalue weighted by atomic mass is 16.7. The zero-order valence-corrected chi connectivity index (χ0v) is 16.8. The first-order chi connectivity index (χ1) is 14.6. The minimum atomic E-state index is -1.07. The molecule has 160 valence electrons. The number of rotatable bonds is 5. The average molecular weight is 415 g/mol. The molecule has 0 saturated carbocycles. The van der Waals surface area contributed by atoms with Gasteiger partial charge in [-0.15, -0.1) is 0 Å². The number of nitrogens with one attached hydrogen (secondary N) is 1. The number of fused-ring (bicyclic) bond motifs is 1. The van der Waals surface area contributed by atoms with E-state index in [4.69, 9.17) is 23.7 Å². The molecule has 0 unspecified atom stereocenters. The third-order valence-corrected chi connectivity index (χ3v) is 5.12. The maximum Gasteiger partial charge on any atom is 0.223 e. The molecule has 2 aliphatic heterocycles. The topological polar surface area (TPSA) is 95.5 Å². The Morgan fingerprint density at radius 2 is 1.77 bits per heavy atom. The lowest BCUT2D eigenvalue weighted by atomic mass is 9.95. The molecule has 30 heavy (non-hydrogen) atoms. The Morgan fingerprint density at radius 3 is 2.47 bits per heavy atom. The fourth-order valence-corrected chi connectivity index (χ4v) is 3.70. The molecule has 2 heterocycles. The number of carbonyl (C=O) groups is 1. The van der Waals surface area contributed by atoms with Crippen molar-refractivity contribution in [3.8, 4) is 11.5 Å². The third kappa shape index (κ3) is 4.27. The van der Waals surface area contributed by atoms with Crippen LogP contribution in [0.3, 0.4) is 0 Å². The van der Waals surface area contributed by atoms with Crippen molar-refractivity contribution in [2.24, 2.45) is 0 Å². The molecular weight excluding hydrogens is 390 g/mol. The Labute approximate surface area is 174 Å². The molecule has 1 amide bonds. The first-order valence-corrected chi connectivity index (χ1v) is 9.79. The maximum atomic E-state index is 11.8. The number of methoxy groups -OCH3 is 1. The summed E-state index contributed by atoms with van der Waals surface area (Å²) in [7, 11) is 1.53. The van der Waals surface area contributed by atoms with E-state index in [9.17, 15) is 9.90 Å². The summed E-state index contributed by atoms with van der Waals surface area (Å²) in [4.78, 5) is 11.8. The Hall–Kier alpha value is -2.65. The number of hydrogen-bond donors (Lipinski definition) is 2. The van der Waals surface area contributed by atoms with Crippen molar-refractivity contribution in [1.29, 1.82) is 0 Å². The second kappa shape index (κ2) is 9.01. The average Bonchev–Trinajstić information content (AvgIpc) is 2.77. The lowest BCUT2D eigenvalue weighted by Crippen LogP contribution is -2.67. The van der Waals surface area contributed by atoms with Crippen molar-refractivity contribution in [1.82, 2.24) is 5.32 Å². The zero-order valence-electron chi connectivity index (χ0n) is 16.8. The van der Waals surface area contributed by atoms with Gasteiger partial charge in [-0.2, -0.15) is 0 Å². The molecule has 2 aliphatic rings. The number of hydrogen-bond acceptors (Lipinski definition) is 7. The van der Waals surface area contributed by atoms with Crippen LogP contribution in [0.2, 0.25) is 0 Å². The van der Waals surface area contributed by atoms with Crippen molar-refractivity contribution in [2.45, 2.75) is 43.9 Å². The number of aliphatic hydroxyl groups is 1. The van der Waals surface area contributed by atoms with Crippen molar-refractivity contribution in [3.05, 3.63) is 60.2 Å². The normalized spacial score (nSPS) is 30.8. The summed E-state index contributed by atoms with van der Waals surface area (Å²) in [5, 5.41) is 13.8. The van der Waals surface area contributed by atoms with E-state index in [-0.39, 0.29) is 12.5 Å². The minimum absolute atomic E-state index is 0.208. The Bertz CT molecular complexity index is 862. The predicted octanol–water partition coefficient (Wildman–Crippen LogP) is 1.78. The first kappa shape index (κ1) is 20.6. The van der Waals surface area contributed by atoms with E-state index in [0.29, 0.717) is 11.5 Å². The molecular formula is C22H25NO7. The molecule has 2 N–H and O–H groups in total. The zero-order chi connectivity index (χ0) is 21.1. The van der Waals surface area contributed by atoms with E-state index in [0.717, 1.165) is 5.56 Å². The van der Waals surface area contributed by atoms with Crippen LogP contribution in [0.5, 0.6) is 11.5 Å². The van der Waals surface area contributed by atoms with Crippen LogP contribution in [0.4, 0.5) is 0 Å². The monoisotopic (exact) mass is 415 g/mol. The summed E-state index contributed by atoms with van der Waals surface area (Å²) in [5.41, 5.74) is 0.839. The number of aliphatic hydroxyl groups excluding tert-OH is 1. The van der Waals surface area contributed by atoms with Crippen LogP contribution in [0.15, 0.2) is 54.6 Å². The molecule has 2 fully saturated rings. The summed E-state index contributed by atoms with van der Waals surface area (Å²) in [6, 6.07) is 15.7. The van der Waals surface area contributed by atoms with Gasteiger partial charge in [0.05, 0.1) is 13.7 Å². The minimum Gasteiger partial charge on any atom is -0.493 e. The Balaban J connectivity index is 1.55. The van der Waals surface area contributed by atoms with Gasteiger partial charge < -0.3 is 34.1 Å². The fourth-order valence-electron chi connectivity index (χ4n) is 3.70. The van der Waals surface area contributed by atoms with Crippen LogP contribution in [-0.2, 0) is 19.0 Å². The number of ether oxygens (including phenoxy) is 5. The molecule has 2 saturated heterocycles. The SMILES string of the molecule is COc1ccccc1O[C@@H]1O[C@@H]2CO[C@H](c3ccccc3)O[C@@H]2[C@H](O)[C@@H]1NC(C)=O. The van der Waals surface area contributed by atoms with Gasteiger partial charge >= 0.3 is 0 Å². The summed E-state index contributed by atoms with van der Waals surface area (Å²) in [6.07, 6.45) is -3.91. The van der Waals surface area contributed by atoms with Gasteiger partial charge in [-0.25, -0.2) is 0 Å². The quantitative estimate of drug-likeness (QED) is 0.769. The van der Waals surface area contributed by atoms with E-state index in [2.05, 4.69) is 5.32 Å². The molecule has 8 heteroatoms. The highest BCUT2D eigenvalue weighted by Gasteiger charge is 2.50. The van der Waals surface area contributed by atoms with Gasteiger partial charge in [-0.05, 0) is 12.1 Å². The third-order valence-electron chi connectivity index (χ3n) is 5.12. The molecule has 0 aromatic heterocycles. The van der Waals surface area contributed by atoms with Gasteiger partial charge in [0.1, 0.15) is 24.4 Å². The maximum absolute atomic E-state index is 11.8. The van der Waals surface area contributed by atoms with Crippen LogP contribution in [0.1, 0.15) is 18.8 Å². The number of carbonyl (C=O) groups excluding carboxylic acids is 1. The van der Waals surface area contributed by atoms with Crippen molar-refractivity contribution in [3.63, 3.8) is 0 Å². The van der Waals surface area contributed by atoms with Crippen LogP contribution in [0.25, 0.3) is 0 Å². The molecule has 2 aromatic carbocycles. The number of amides is 1. The highest BCUT2D eigenvalue weighted by Crippen LogP contribution is 2.36. The highest BCUT2D eigenvalue weighted by molar-refractivity contribution is 5.73. The molecule has 4 rings (SSSR count). The molecule has 6 atom stereocenters. The summed E-state index contributed by atoms with van der Waals surface area (Å²) >= 11 is 0. The second-order valence-electron chi connectivity index (χ2n) is 7.21. The number of benzene rings is 2. The van der Waals surface area contributed by atoms with Gasteiger partial charge in [0.25, 0.3) is 0 Å². The van der Waals surface area contributed by atoms with E-state index in [1.165, 1.54) is 14.0 Å². The standard InChI is InChI=1S/C22H25NO7/c1-13(24)23-18-19(25)20-17(12-27-21(30-20)14-8-4-3-5-9-14)29-22(18)28-16-11-7-6-10-15(16)26-2/h3-11,17-22,25H,12H2,1-2H3,(H,23,24)/t17-,18+,19-,20+,21+,22-/m1/s1. The Kier molecular flexibility index (Phi) is 6.19. The molecule has 0 spiro atoms. The molecule has 0 radical (unpaired) electrons. The Morgan fingerprint density at radius 1 is 1.07 bits per heavy atom. The largest absolute Gasteiger partial charge is 0.493 e.